The Morgan fingerprint density at radius 3 is 2.45 bits per heavy atom. The zero-order valence-electron chi connectivity index (χ0n) is 20.6. The highest BCUT2D eigenvalue weighted by molar-refractivity contribution is 6.76. The molecule has 2 aliphatic heterocycles. The molecule has 3 aliphatic carbocycles. The van der Waals surface area contributed by atoms with Gasteiger partial charge in [-0.15, -0.1) is 0 Å². The second kappa shape index (κ2) is 9.26. The Kier molecular flexibility index (Phi) is 6.83. The molecule has 0 amide bonds. The van der Waals surface area contributed by atoms with Gasteiger partial charge in [0, 0.05) is 34.8 Å². The third-order valence-corrected chi connectivity index (χ3v) is 9.85. The molecule has 5 rings (SSSR count). The zero-order chi connectivity index (χ0) is 23.3. The number of methoxy groups -OCH3 is 2. The van der Waals surface area contributed by atoms with Crippen LogP contribution in [0.5, 0.6) is 0 Å². The highest BCUT2D eigenvalue weighted by Crippen LogP contribution is 2.73. The van der Waals surface area contributed by atoms with E-state index in [9.17, 15) is 0 Å². The van der Waals surface area contributed by atoms with Crippen LogP contribution in [0.15, 0.2) is 12.2 Å². The van der Waals surface area contributed by atoms with E-state index in [0.717, 1.165) is 31.9 Å². The first-order valence-corrected chi connectivity index (χ1v) is 16.0. The summed E-state index contributed by atoms with van der Waals surface area (Å²) in [7, 11) is 2.14. The predicted octanol–water partition coefficient (Wildman–Crippen LogP) is 2.94. The normalized spacial score (nSPS) is 45.1. The standard InChI is InChI=1S/C24H40O8Si/c1-25-13-28-18-12-16-6-7-17-21(31-17)23(20(16)30-15-27-10-11-33(3,4)5)9-8-19-24(23,32-19)22(18)29-14-26-2/h6-7,16-22H,8-15H2,1-5H3/t16-,17-,18?,19+,20-,21-,22?,23+,24-/m1/s1. The molecule has 2 saturated carbocycles. The van der Waals surface area contributed by atoms with E-state index in [-0.39, 0.29) is 68.3 Å². The van der Waals surface area contributed by atoms with Crippen molar-refractivity contribution in [2.75, 3.05) is 41.2 Å². The van der Waals surface area contributed by atoms with Crippen molar-refractivity contribution in [1.82, 2.24) is 0 Å². The molecular weight excluding hydrogens is 444 g/mol. The van der Waals surface area contributed by atoms with Crippen molar-refractivity contribution in [1.29, 1.82) is 0 Å². The first-order valence-electron chi connectivity index (χ1n) is 12.3. The smallest absolute Gasteiger partial charge is 0.147 e. The average molecular weight is 485 g/mol. The van der Waals surface area contributed by atoms with E-state index >= 15 is 0 Å². The zero-order valence-corrected chi connectivity index (χ0v) is 21.6. The fourth-order valence-electron chi connectivity index (χ4n) is 6.66. The largest absolute Gasteiger partial charge is 0.364 e. The molecule has 4 fully saturated rings. The van der Waals surface area contributed by atoms with Crippen molar-refractivity contribution in [3.05, 3.63) is 12.2 Å². The molecule has 2 bridgehead atoms. The minimum Gasteiger partial charge on any atom is -0.364 e. The first kappa shape index (κ1) is 24.3. The summed E-state index contributed by atoms with van der Waals surface area (Å²) in [5.41, 5.74) is -0.810. The molecule has 5 aliphatic rings. The molecule has 0 aromatic carbocycles. The number of fused-ring (bicyclic) bond motifs is 2. The molecule has 33 heavy (non-hydrogen) atoms. The van der Waals surface area contributed by atoms with Gasteiger partial charge in [0.2, 0.25) is 0 Å². The molecule has 0 N–H and O–H groups in total. The molecule has 2 saturated heterocycles. The molecule has 2 heterocycles. The number of hydrogen-bond donors (Lipinski definition) is 0. The third-order valence-electron chi connectivity index (χ3n) is 8.14. The van der Waals surface area contributed by atoms with Crippen LogP contribution in [0.2, 0.25) is 25.7 Å². The lowest BCUT2D eigenvalue weighted by molar-refractivity contribution is -0.203. The minimum absolute atomic E-state index is 0.0630. The minimum atomic E-state index is -1.15. The van der Waals surface area contributed by atoms with Gasteiger partial charge in [-0.3, -0.25) is 0 Å². The summed E-state index contributed by atoms with van der Waals surface area (Å²) < 4.78 is 48.5. The summed E-state index contributed by atoms with van der Waals surface area (Å²) in [5.74, 6) is 0.153. The van der Waals surface area contributed by atoms with E-state index in [1.807, 2.05) is 0 Å². The van der Waals surface area contributed by atoms with Crippen LogP contribution in [0.1, 0.15) is 19.3 Å². The van der Waals surface area contributed by atoms with Gasteiger partial charge in [-0.2, -0.15) is 0 Å². The van der Waals surface area contributed by atoms with Gasteiger partial charge in [0.05, 0.1) is 29.8 Å². The highest BCUT2D eigenvalue weighted by atomic mass is 28.3. The molecular formula is C24H40O8Si. The van der Waals surface area contributed by atoms with Crippen molar-refractivity contribution in [2.24, 2.45) is 11.3 Å². The van der Waals surface area contributed by atoms with Crippen molar-refractivity contribution in [2.45, 2.75) is 87.2 Å². The molecule has 0 aromatic heterocycles. The average Bonchev–Trinajstić information content (AvgIpc) is 3.68. The summed E-state index contributed by atoms with van der Waals surface area (Å²) in [4.78, 5) is 0. The van der Waals surface area contributed by atoms with Crippen LogP contribution in [0.25, 0.3) is 0 Å². The highest BCUT2D eigenvalue weighted by Gasteiger charge is 2.86. The van der Waals surface area contributed by atoms with E-state index in [1.54, 1.807) is 14.2 Å². The molecule has 9 heteroatoms. The third kappa shape index (κ3) is 4.17. The quantitative estimate of drug-likeness (QED) is 0.138. The fourth-order valence-corrected chi connectivity index (χ4v) is 7.42. The van der Waals surface area contributed by atoms with Crippen LogP contribution in [0.3, 0.4) is 0 Å². The van der Waals surface area contributed by atoms with Gasteiger partial charge in [-0.25, -0.2) is 0 Å². The summed E-state index contributed by atoms with van der Waals surface area (Å²) in [6.07, 6.45) is 6.92. The maximum absolute atomic E-state index is 6.63. The Labute approximate surface area is 198 Å². The monoisotopic (exact) mass is 484 g/mol. The van der Waals surface area contributed by atoms with Crippen LogP contribution in [-0.2, 0) is 37.9 Å². The Morgan fingerprint density at radius 2 is 1.73 bits per heavy atom. The maximum Gasteiger partial charge on any atom is 0.147 e. The molecule has 0 radical (unpaired) electrons. The van der Waals surface area contributed by atoms with Crippen LogP contribution in [0, 0.1) is 11.3 Å². The Bertz CT molecular complexity index is 728. The van der Waals surface area contributed by atoms with E-state index in [2.05, 4.69) is 31.8 Å². The fraction of sp³-hybridized carbons (Fsp3) is 0.917. The molecule has 188 valence electrons. The van der Waals surface area contributed by atoms with Gasteiger partial charge in [-0.1, -0.05) is 31.8 Å². The van der Waals surface area contributed by atoms with Crippen LogP contribution in [0.4, 0.5) is 0 Å². The van der Waals surface area contributed by atoms with Crippen molar-refractivity contribution < 1.29 is 37.9 Å². The summed E-state index contributed by atoms with van der Waals surface area (Å²) in [6, 6.07) is 1.12. The van der Waals surface area contributed by atoms with Crippen molar-refractivity contribution in [3.8, 4) is 0 Å². The Hall–Kier alpha value is -0.363. The van der Waals surface area contributed by atoms with E-state index in [0.29, 0.717) is 0 Å². The van der Waals surface area contributed by atoms with Crippen LogP contribution in [-0.4, -0.2) is 91.5 Å². The lowest BCUT2D eigenvalue weighted by atomic mass is 9.66. The molecule has 2 spiro atoms. The number of rotatable bonds is 12. The van der Waals surface area contributed by atoms with E-state index in [1.165, 1.54) is 0 Å². The lowest BCUT2D eigenvalue weighted by Crippen LogP contribution is -2.58. The topological polar surface area (TPSA) is 80.4 Å². The van der Waals surface area contributed by atoms with Gasteiger partial charge in [0.1, 0.15) is 38.2 Å². The van der Waals surface area contributed by atoms with Gasteiger partial charge in [-0.05, 0) is 25.3 Å². The Balaban J connectivity index is 1.43. The van der Waals surface area contributed by atoms with Crippen LogP contribution >= 0.6 is 0 Å². The number of hydrogen-bond acceptors (Lipinski definition) is 8. The Morgan fingerprint density at radius 1 is 0.970 bits per heavy atom. The number of epoxide rings is 2. The summed E-state index contributed by atoms with van der Waals surface area (Å²) in [5, 5.41) is 0. The molecule has 0 aromatic rings. The summed E-state index contributed by atoms with van der Waals surface area (Å²) >= 11 is 0. The lowest BCUT2D eigenvalue weighted by Gasteiger charge is -2.44. The first-order chi connectivity index (χ1) is 15.9. The van der Waals surface area contributed by atoms with E-state index < -0.39 is 13.7 Å². The molecule has 9 atom stereocenters. The maximum atomic E-state index is 6.63. The summed E-state index contributed by atoms with van der Waals surface area (Å²) in [6.45, 7) is 8.49. The second-order valence-electron chi connectivity index (χ2n) is 11.3. The second-order valence-corrected chi connectivity index (χ2v) is 16.9. The van der Waals surface area contributed by atoms with E-state index in [4.69, 9.17) is 37.9 Å². The van der Waals surface area contributed by atoms with Crippen molar-refractivity contribution >= 4 is 8.07 Å². The van der Waals surface area contributed by atoms with Gasteiger partial charge < -0.3 is 37.9 Å². The van der Waals surface area contributed by atoms with Gasteiger partial charge in [0.25, 0.3) is 0 Å². The van der Waals surface area contributed by atoms with Crippen LogP contribution < -0.4 is 0 Å². The molecule has 2 unspecified atom stereocenters. The van der Waals surface area contributed by atoms with Crippen molar-refractivity contribution in [3.63, 3.8) is 0 Å². The predicted molar refractivity (Wildman–Crippen MR) is 123 cm³/mol. The SMILES string of the molecule is COCOC1C[C@H]2C=C[C@H]3O[C@H]3[C@]3(CC[C@@H]4O[C@@]43C1OCOC)[C@@H]2OCOCC[Si](C)(C)C. The van der Waals surface area contributed by atoms with Gasteiger partial charge in [0.15, 0.2) is 0 Å². The molecule has 8 nitrogen and oxygen atoms in total. The van der Waals surface area contributed by atoms with Gasteiger partial charge >= 0.3 is 0 Å². The number of ether oxygens (including phenoxy) is 8.